The molecule has 0 atom stereocenters. The minimum absolute atomic E-state index is 0.159. The van der Waals surface area contributed by atoms with Gasteiger partial charge in [0, 0.05) is 18.7 Å². The highest BCUT2D eigenvalue weighted by atomic mass is 35.5. The van der Waals surface area contributed by atoms with E-state index in [2.05, 4.69) is 5.32 Å². The Kier molecular flexibility index (Phi) is 10.0. The van der Waals surface area contributed by atoms with Crippen LogP contribution in [0.15, 0.2) is 30.3 Å². The van der Waals surface area contributed by atoms with Crippen molar-refractivity contribution in [3.8, 4) is 11.5 Å². The third-order valence-corrected chi connectivity index (χ3v) is 4.67. The van der Waals surface area contributed by atoms with Crippen LogP contribution in [0.5, 0.6) is 11.5 Å². The van der Waals surface area contributed by atoms with Gasteiger partial charge in [0.15, 0.2) is 11.5 Å². The molecule has 0 bridgehead atoms. The van der Waals surface area contributed by atoms with E-state index in [9.17, 15) is 4.39 Å². The fourth-order valence-electron chi connectivity index (χ4n) is 2.66. The lowest BCUT2D eigenvalue weighted by atomic mass is 10.2. The monoisotopic (exact) mass is 443 g/mol. The van der Waals surface area contributed by atoms with Crippen molar-refractivity contribution in [3.05, 3.63) is 57.3 Å². The van der Waals surface area contributed by atoms with Crippen molar-refractivity contribution in [1.82, 2.24) is 5.32 Å². The molecular formula is C22H28Cl2FNO3. The fraction of sp³-hybridized carbons (Fsp3) is 0.455. The Balaban J connectivity index is 1.99. The van der Waals surface area contributed by atoms with E-state index in [1.807, 2.05) is 32.9 Å². The predicted molar refractivity (Wildman–Crippen MR) is 116 cm³/mol. The van der Waals surface area contributed by atoms with Crippen LogP contribution in [0.25, 0.3) is 0 Å². The summed E-state index contributed by atoms with van der Waals surface area (Å²) in [6.45, 7) is 8.82. The van der Waals surface area contributed by atoms with Crippen LogP contribution >= 0.6 is 23.2 Å². The third-order valence-electron chi connectivity index (χ3n) is 4.03. The van der Waals surface area contributed by atoms with Crippen molar-refractivity contribution in [3.63, 3.8) is 0 Å². The summed E-state index contributed by atoms with van der Waals surface area (Å²) in [5.41, 5.74) is 1.66. The molecule has 0 radical (unpaired) electrons. The molecular weight excluding hydrogens is 416 g/mol. The number of ether oxygens (including phenoxy) is 3. The summed E-state index contributed by atoms with van der Waals surface area (Å²) in [6, 6.07) is 7.95. The zero-order chi connectivity index (χ0) is 21.2. The lowest BCUT2D eigenvalue weighted by molar-refractivity contribution is 0.0770. The van der Waals surface area contributed by atoms with E-state index in [1.165, 1.54) is 12.1 Å². The van der Waals surface area contributed by atoms with Gasteiger partial charge in [-0.2, -0.15) is 0 Å². The average Bonchev–Trinajstić information content (AvgIpc) is 2.65. The van der Waals surface area contributed by atoms with Crippen LogP contribution in [-0.2, 0) is 17.9 Å². The summed E-state index contributed by atoms with van der Waals surface area (Å²) in [5, 5.41) is 4.13. The fourth-order valence-corrected chi connectivity index (χ4v) is 3.17. The number of rotatable bonds is 12. The molecule has 4 nitrogen and oxygen atoms in total. The summed E-state index contributed by atoms with van der Waals surface area (Å²) in [7, 11) is 0. The topological polar surface area (TPSA) is 39.7 Å². The highest BCUT2D eigenvalue weighted by molar-refractivity contribution is 6.32. The number of nitrogens with one attached hydrogen (secondary N) is 1. The van der Waals surface area contributed by atoms with E-state index >= 15 is 0 Å². The third kappa shape index (κ3) is 8.01. The quantitative estimate of drug-likeness (QED) is 0.407. The van der Waals surface area contributed by atoms with Crippen molar-refractivity contribution in [1.29, 1.82) is 0 Å². The largest absolute Gasteiger partial charge is 0.490 e. The first kappa shape index (κ1) is 23.7. The van der Waals surface area contributed by atoms with Crippen LogP contribution in [-0.4, -0.2) is 25.9 Å². The van der Waals surface area contributed by atoms with Gasteiger partial charge in [0.2, 0.25) is 0 Å². The molecule has 29 heavy (non-hydrogen) atoms. The molecule has 0 saturated carbocycles. The molecule has 160 valence electrons. The van der Waals surface area contributed by atoms with Gasteiger partial charge in [0.1, 0.15) is 12.4 Å². The van der Waals surface area contributed by atoms with E-state index in [1.54, 1.807) is 6.07 Å². The average molecular weight is 444 g/mol. The Morgan fingerprint density at radius 2 is 1.86 bits per heavy atom. The standard InChI is InChI=1S/C22H28Cl2FNO3/c1-4-27-21-11-16(13-26-8-5-9-28-15(2)3)10-20(24)22(21)29-14-17-6-7-18(25)12-19(17)23/h6-7,10-12,15,26H,4-5,8-9,13-14H2,1-3H3. The van der Waals surface area contributed by atoms with Gasteiger partial charge >= 0.3 is 0 Å². The maximum Gasteiger partial charge on any atom is 0.180 e. The summed E-state index contributed by atoms with van der Waals surface area (Å²) in [4.78, 5) is 0. The smallest absolute Gasteiger partial charge is 0.180 e. The predicted octanol–water partition coefficient (Wildman–Crippen LogP) is 6.01. The van der Waals surface area contributed by atoms with Gasteiger partial charge in [-0.1, -0.05) is 29.3 Å². The molecule has 0 aromatic heterocycles. The molecule has 0 fully saturated rings. The summed E-state index contributed by atoms with van der Waals surface area (Å²) in [5.74, 6) is 0.626. The first-order valence-corrected chi connectivity index (χ1v) is 10.5. The van der Waals surface area contributed by atoms with Crippen molar-refractivity contribution < 1.29 is 18.6 Å². The zero-order valence-electron chi connectivity index (χ0n) is 17.1. The van der Waals surface area contributed by atoms with Gasteiger partial charge in [-0.05, 0) is 63.6 Å². The summed E-state index contributed by atoms with van der Waals surface area (Å²) in [6.07, 6.45) is 1.18. The van der Waals surface area contributed by atoms with E-state index in [4.69, 9.17) is 37.4 Å². The molecule has 2 aromatic carbocycles. The molecule has 0 heterocycles. The molecule has 7 heteroatoms. The van der Waals surface area contributed by atoms with Gasteiger partial charge in [-0.15, -0.1) is 0 Å². The van der Waals surface area contributed by atoms with Crippen LogP contribution in [0.2, 0.25) is 10.0 Å². The molecule has 2 rings (SSSR count). The molecule has 0 aliphatic heterocycles. The number of hydrogen-bond donors (Lipinski definition) is 1. The minimum Gasteiger partial charge on any atom is -0.490 e. The van der Waals surface area contributed by atoms with Crippen molar-refractivity contribution in [2.45, 2.75) is 46.4 Å². The van der Waals surface area contributed by atoms with Crippen molar-refractivity contribution >= 4 is 23.2 Å². The number of halogens is 3. The second kappa shape index (κ2) is 12.2. The highest BCUT2D eigenvalue weighted by Crippen LogP contribution is 2.37. The van der Waals surface area contributed by atoms with Gasteiger partial charge in [0.05, 0.1) is 22.8 Å². The van der Waals surface area contributed by atoms with Crippen LogP contribution < -0.4 is 14.8 Å². The Labute approximate surface area is 182 Å². The van der Waals surface area contributed by atoms with Gasteiger partial charge < -0.3 is 19.5 Å². The first-order chi connectivity index (χ1) is 13.9. The van der Waals surface area contributed by atoms with Crippen LogP contribution in [0.4, 0.5) is 4.39 Å². The molecule has 0 unspecified atom stereocenters. The molecule has 0 aliphatic carbocycles. The lowest BCUT2D eigenvalue weighted by Gasteiger charge is -2.16. The Hall–Kier alpha value is -1.53. The molecule has 2 aromatic rings. The van der Waals surface area contributed by atoms with Crippen LogP contribution in [0.1, 0.15) is 38.3 Å². The highest BCUT2D eigenvalue weighted by Gasteiger charge is 2.14. The van der Waals surface area contributed by atoms with Crippen LogP contribution in [0.3, 0.4) is 0 Å². The van der Waals surface area contributed by atoms with Crippen molar-refractivity contribution in [2.24, 2.45) is 0 Å². The van der Waals surface area contributed by atoms with E-state index < -0.39 is 0 Å². The van der Waals surface area contributed by atoms with E-state index in [0.29, 0.717) is 40.3 Å². The molecule has 0 amide bonds. The Morgan fingerprint density at radius 1 is 1.07 bits per heavy atom. The molecule has 1 N–H and O–H groups in total. The Morgan fingerprint density at radius 3 is 2.55 bits per heavy atom. The zero-order valence-corrected chi connectivity index (χ0v) is 18.6. The summed E-state index contributed by atoms with van der Waals surface area (Å²) < 4.78 is 30.3. The number of benzene rings is 2. The SMILES string of the molecule is CCOc1cc(CNCCCOC(C)C)cc(Cl)c1OCc1ccc(F)cc1Cl. The van der Waals surface area contributed by atoms with Gasteiger partial charge in [-0.3, -0.25) is 0 Å². The van der Waals surface area contributed by atoms with E-state index in [0.717, 1.165) is 25.1 Å². The van der Waals surface area contributed by atoms with Gasteiger partial charge in [-0.25, -0.2) is 4.39 Å². The maximum atomic E-state index is 13.2. The number of hydrogen-bond acceptors (Lipinski definition) is 4. The van der Waals surface area contributed by atoms with Crippen LogP contribution in [0, 0.1) is 5.82 Å². The van der Waals surface area contributed by atoms with Crippen molar-refractivity contribution in [2.75, 3.05) is 19.8 Å². The van der Waals surface area contributed by atoms with E-state index in [-0.39, 0.29) is 18.5 Å². The van der Waals surface area contributed by atoms with Gasteiger partial charge in [0.25, 0.3) is 0 Å². The summed E-state index contributed by atoms with van der Waals surface area (Å²) >= 11 is 12.5. The Bertz CT molecular complexity index is 787. The maximum absolute atomic E-state index is 13.2. The molecule has 0 aliphatic rings. The lowest BCUT2D eigenvalue weighted by Crippen LogP contribution is -2.17. The minimum atomic E-state index is -0.389. The second-order valence-electron chi connectivity index (χ2n) is 6.81. The second-order valence-corrected chi connectivity index (χ2v) is 7.63. The molecule has 0 saturated heterocycles. The normalized spacial score (nSPS) is 11.1. The molecule has 0 spiro atoms. The first-order valence-electron chi connectivity index (χ1n) is 9.75.